The zero-order valence-corrected chi connectivity index (χ0v) is 19.8. The molecule has 3 aliphatic heterocycles. The van der Waals surface area contributed by atoms with Crippen molar-refractivity contribution >= 4 is 14.3 Å². The van der Waals surface area contributed by atoms with Gasteiger partial charge < -0.3 is 32.8 Å². The van der Waals surface area contributed by atoms with Gasteiger partial charge >= 0.3 is 5.97 Å². The highest BCUT2D eigenvalue weighted by molar-refractivity contribution is 6.70. The van der Waals surface area contributed by atoms with E-state index in [1.54, 1.807) is 19.9 Å². The van der Waals surface area contributed by atoms with Crippen LogP contribution < -0.4 is 0 Å². The highest BCUT2D eigenvalue weighted by atomic mass is 28.4. The van der Waals surface area contributed by atoms with Crippen molar-refractivity contribution in [2.45, 2.75) is 110 Å². The molecule has 9 heteroatoms. The van der Waals surface area contributed by atoms with Crippen LogP contribution in [0.2, 0.25) is 19.6 Å². The second-order valence-electron chi connectivity index (χ2n) is 9.83. The number of hydrogen-bond donors (Lipinski definition) is 0. The van der Waals surface area contributed by atoms with Gasteiger partial charge in [0.1, 0.15) is 24.4 Å². The van der Waals surface area contributed by atoms with Crippen molar-refractivity contribution in [1.82, 2.24) is 0 Å². The van der Waals surface area contributed by atoms with E-state index in [-0.39, 0.29) is 11.9 Å². The van der Waals surface area contributed by atoms with Crippen LogP contribution in [0.5, 0.6) is 0 Å². The molecule has 166 valence electrons. The maximum absolute atomic E-state index is 12.7. The molecule has 29 heavy (non-hydrogen) atoms. The molecule has 0 aromatic carbocycles. The molecule has 3 saturated heterocycles. The second-order valence-corrected chi connectivity index (χ2v) is 14.3. The maximum atomic E-state index is 12.7. The normalized spacial score (nSPS) is 35.9. The molecule has 5 atom stereocenters. The molecule has 3 rings (SSSR count). The molecule has 0 aromatic heterocycles. The number of fused-ring (bicyclic) bond motifs is 3. The lowest BCUT2D eigenvalue weighted by Crippen LogP contribution is -2.54. The molecule has 0 amide bonds. The Labute approximate surface area is 173 Å². The Morgan fingerprint density at radius 1 is 0.931 bits per heavy atom. The summed E-state index contributed by atoms with van der Waals surface area (Å²) in [4.78, 5) is 12.7. The molecule has 0 aromatic rings. The first-order valence-electron chi connectivity index (χ1n) is 10.1. The average molecular weight is 431 g/mol. The number of hydrogen-bond acceptors (Lipinski definition) is 8. The molecule has 3 fully saturated rings. The Morgan fingerprint density at radius 2 is 1.48 bits per heavy atom. The van der Waals surface area contributed by atoms with E-state index in [9.17, 15) is 4.79 Å². The van der Waals surface area contributed by atoms with Gasteiger partial charge in [-0.25, -0.2) is 4.79 Å². The predicted octanol–water partition coefficient (Wildman–Crippen LogP) is 3.07. The van der Waals surface area contributed by atoms with Gasteiger partial charge in [-0.3, -0.25) is 0 Å². The van der Waals surface area contributed by atoms with E-state index in [0.29, 0.717) is 0 Å². The fourth-order valence-corrected chi connectivity index (χ4v) is 4.48. The standard InChI is InChI=1S/C20H34O8Si/c1-11(2)22-17(21)13(28-29(7,8)9)10-12-14-15(25-19(3,4)24-14)16-18(23-12)27-20(5,6)26-16/h10-12,14-16,18H,1-9H3/b13-10-/t12-,14+,15+,16-,18-/m1/s1. The van der Waals surface area contributed by atoms with Gasteiger partial charge in [-0.05, 0) is 67.3 Å². The molecule has 0 radical (unpaired) electrons. The van der Waals surface area contributed by atoms with Crippen LogP contribution in [0.4, 0.5) is 0 Å². The summed E-state index contributed by atoms with van der Waals surface area (Å²) in [5.74, 6) is -2.00. The molecular formula is C20H34O8Si. The van der Waals surface area contributed by atoms with Crippen molar-refractivity contribution < 1.29 is 37.6 Å². The monoisotopic (exact) mass is 430 g/mol. The Morgan fingerprint density at radius 3 is 2.07 bits per heavy atom. The van der Waals surface area contributed by atoms with Gasteiger partial charge in [-0.2, -0.15) is 0 Å². The summed E-state index contributed by atoms with van der Waals surface area (Å²) in [6, 6.07) is 0. The Hall–Kier alpha value is -0.973. The molecule has 3 heterocycles. The summed E-state index contributed by atoms with van der Waals surface area (Å²) in [5, 5.41) is 0. The minimum absolute atomic E-state index is 0.131. The molecule has 3 aliphatic rings. The van der Waals surface area contributed by atoms with E-state index in [2.05, 4.69) is 0 Å². The molecule has 0 unspecified atom stereocenters. The lowest BCUT2D eigenvalue weighted by molar-refractivity contribution is -0.223. The summed E-state index contributed by atoms with van der Waals surface area (Å²) >= 11 is 0. The molecule has 0 aliphatic carbocycles. The van der Waals surface area contributed by atoms with Gasteiger partial charge in [0.05, 0.1) is 6.10 Å². The summed E-state index contributed by atoms with van der Waals surface area (Å²) in [6.45, 7) is 16.9. The molecule has 8 nitrogen and oxygen atoms in total. The number of carbonyl (C=O) groups is 1. The van der Waals surface area contributed by atoms with E-state index < -0.39 is 56.6 Å². The smallest absolute Gasteiger partial charge is 0.372 e. The van der Waals surface area contributed by atoms with Crippen LogP contribution >= 0.6 is 0 Å². The summed E-state index contributed by atoms with van der Waals surface area (Å²) < 4.78 is 41.7. The van der Waals surface area contributed by atoms with E-state index in [1.165, 1.54) is 0 Å². The zero-order valence-electron chi connectivity index (χ0n) is 18.8. The molecule has 0 saturated carbocycles. The third-order valence-corrected chi connectivity index (χ3v) is 5.30. The van der Waals surface area contributed by atoms with E-state index in [0.717, 1.165) is 0 Å². The van der Waals surface area contributed by atoms with Gasteiger partial charge in [-0.1, -0.05) is 0 Å². The fraction of sp³-hybridized carbons (Fsp3) is 0.850. The highest BCUT2D eigenvalue weighted by Gasteiger charge is 2.60. The summed E-state index contributed by atoms with van der Waals surface area (Å²) in [5.41, 5.74) is 0. The number of rotatable bonds is 5. The third kappa shape index (κ3) is 5.39. The molecule has 0 spiro atoms. The quantitative estimate of drug-likeness (QED) is 0.285. The summed E-state index contributed by atoms with van der Waals surface area (Å²) in [7, 11) is -2.08. The molecular weight excluding hydrogens is 396 g/mol. The number of ether oxygens (including phenoxy) is 6. The third-order valence-electron chi connectivity index (χ3n) is 4.47. The first kappa shape index (κ1) is 22.7. The van der Waals surface area contributed by atoms with Crippen LogP contribution in [0.25, 0.3) is 0 Å². The second kappa shape index (κ2) is 7.62. The minimum Gasteiger partial charge on any atom is -0.540 e. The maximum Gasteiger partial charge on any atom is 0.372 e. The van der Waals surface area contributed by atoms with Crippen molar-refractivity contribution in [1.29, 1.82) is 0 Å². The minimum atomic E-state index is -2.08. The lowest BCUT2D eigenvalue weighted by atomic mass is 9.98. The Bertz CT molecular complexity index is 666. The van der Waals surface area contributed by atoms with Crippen LogP contribution in [0.1, 0.15) is 41.5 Å². The Balaban J connectivity index is 1.92. The largest absolute Gasteiger partial charge is 0.540 e. The SMILES string of the molecule is CC(C)OC(=O)/C(=C/[C@H]1O[C@@H]2OC(C)(C)O[C@@H]2[C@H]2OC(C)(C)O[C@H]21)O[Si](C)(C)C. The lowest BCUT2D eigenvalue weighted by Gasteiger charge is -2.36. The van der Waals surface area contributed by atoms with E-state index in [1.807, 2.05) is 47.3 Å². The Kier molecular flexibility index (Phi) is 5.96. The number of carbonyl (C=O) groups excluding carboxylic acids is 1. The van der Waals surface area contributed by atoms with Crippen LogP contribution in [-0.4, -0.2) is 62.7 Å². The van der Waals surface area contributed by atoms with Crippen LogP contribution in [0, 0.1) is 0 Å². The predicted molar refractivity (Wildman–Crippen MR) is 106 cm³/mol. The van der Waals surface area contributed by atoms with Gasteiger partial charge in [-0.15, -0.1) is 0 Å². The van der Waals surface area contributed by atoms with E-state index in [4.69, 9.17) is 32.8 Å². The topological polar surface area (TPSA) is 81.7 Å². The summed E-state index contributed by atoms with van der Waals surface area (Å²) in [6.07, 6.45) is -1.19. The first-order chi connectivity index (χ1) is 13.2. The first-order valence-corrected chi connectivity index (χ1v) is 13.6. The number of esters is 1. The van der Waals surface area contributed by atoms with Crippen molar-refractivity contribution in [2.24, 2.45) is 0 Å². The van der Waals surface area contributed by atoms with Crippen LogP contribution in [0.3, 0.4) is 0 Å². The van der Waals surface area contributed by atoms with Crippen molar-refractivity contribution in [3.8, 4) is 0 Å². The van der Waals surface area contributed by atoms with Gasteiger partial charge in [0.2, 0.25) is 8.32 Å². The van der Waals surface area contributed by atoms with Gasteiger partial charge in [0.15, 0.2) is 23.6 Å². The van der Waals surface area contributed by atoms with Crippen LogP contribution in [0.15, 0.2) is 11.8 Å². The van der Waals surface area contributed by atoms with Crippen molar-refractivity contribution in [2.75, 3.05) is 0 Å². The average Bonchev–Trinajstić information content (AvgIpc) is 2.99. The fourth-order valence-electron chi connectivity index (χ4n) is 3.67. The van der Waals surface area contributed by atoms with E-state index >= 15 is 0 Å². The highest BCUT2D eigenvalue weighted by Crippen LogP contribution is 2.44. The van der Waals surface area contributed by atoms with Gasteiger partial charge in [0.25, 0.3) is 0 Å². The van der Waals surface area contributed by atoms with Gasteiger partial charge in [0, 0.05) is 0 Å². The van der Waals surface area contributed by atoms with Crippen molar-refractivity contribution in [3.63, 3.8) is 0 Å². The molecule has 0 N–H and O–H groups in total. The zero-order chi connectivity index (χ0) is 21.8. The molecule has 0 bridgehead atoms. The van der Waals surface area contributed by atoms with Crippen molar-refractivity contribution in [3.05, 3.63) is 11.8 Å². The van der Waals surface area contributed by atoms with Crippen LogP contribution in [-0.2, 0) is 37.6 Å².